The lowest BCUT2D eigenvalue weighted by Crippen LogP contribution is -2.00. The largest absolute Gasteiger partial charge is 0.494 e. The molecule has 5 nitrogen and oxygen atoms in total. The maximum atomic E-state index is 5.82. The van der Waals surface area contributed by atoms with Crippen LogP contribution in [0.25, 0.3) is 0 Å². The standard InChI is InChI=1S/C19H28N4OS/c1-3-5-7-8-13-24-17-11-9-10-16(14-17)15-20-23-18(12-6-4-2)21-22-19(23)25/h9-11,14-15H,3-8,12-13H2,1-2H3,(H,22,25)/b20-15+. The van der Waals surface area contributed by atoms with E-state index in [0.717, 1.165) is 49.4 Å². The number of aryl methyl sites for hydroxylation is 1. The van der Waals surface area contributed by atoms with E-state index < -0.39 is 0 Å². The lowest BCUT2D eigenvalue weighted by Gasteiger charge is -2.06. The molecule has 0 unspecified atom stereocenters. The Morgan fingerprint density at radius 2 is 2.04 bits per heavy atom. The van der Waals surface area contributed by atoms with Crippen LogP contribution >= 0.6 is 12.2 Å². The maximum absolute atomic E-state index is 5.82. The van der Waals surface area contributed by atoms with Crippen LogP contribution in [0, 0.1) is 4.77 Å². The van der Waals surface area contributed by atoms with Crippen molar-refractivity contribution in [3.8, 4) is 5.75 Å². The van der Waals surface area contributed by atoms with Crippen molar-refractivity contribution in [2.75, 3.05) is 6.61 Å². The molecular weight excluding hydrogens is 332 g/mol. The highest BCUT2D eigenvalue weighted by Gasteiger charge is 2.04. The number of unbranched alkanes of at least 4 members (excludes halogenated alkanes) is 4. The molecule has 0 amide bonds. The van der Waals surface area contributed by atoms with Gasteiger partial charge in [0.25, 0.3) is 0 Å². The van der Waals surface area contributed by atoms with Crippen LogP contribution in [0.5, 0.6) is 5.75 Å². The predicted octanol–water partition coefficient (Wildman–Crippen LogP) is 5.12. The van der Waals surface area contributed by atoms with Gasteiger partial charge in [-0.25, -0.2) is 0 Å². The van der Waals surface area contributed by atoms with Gasteiger partial charge >= 0.3 is 0 Å². The van der Waals surface area contributed by atoms with E-state index in [2.05, 4.69) is 29.1 Å². The van der Waals surface area contributed by atoms with Gasteiger partial charge in [-0.1, -0.05) is 51.7 Å². The van der Waals surface area contributed by atoms with Crippen LogP contribution < -0.4 is 4.74 Å². The van der Waals surface area contributed by atoms with Gasteiger partial charge in [-0.15, -0.1) is 0 Å². The topological polar surface area (TPSA) is 55.2 Å². The summed E-state index contributed by atoms with van der Waals surface area (Å²) in [5.41, 5.74) is 0.982. The molecule has 0 saturated carbocycles. The van der Waals surface area contributed by atoms with Crippen LogP contribution in [0.3, 0.4) is 0 Å². The van der Waals surface area contributed by atoms with Gasteiger partial charge in [-0.05, 0) is 42.8 Å². The number of H-pyrrole nitrogens is 1. The third-order valence-electron chi connectivity index (χ3n) is 3.92. The van der Waals surface area contributed by atoms with Crippen molar-refractivity contribution in [2.24, 2.45) is 5.10 Å². The number of hydrogen-bond donors (Lipinski definition) is 1. The van der Waals surface area contributed by atoms with Gasteiger partial charge in [0.1, 0.15) is 5.75 Å². The van der Waals surface area contributed by atoms with E-state index in [-0.39, 0.29) is 0 Å². The average Bonchev–Trinajstić information content (AvgIpc) is 2.98. The minimum Gasteiger partial charge on any atom is -0.494 e. The smallest absolute Gasteiger partial charge is 0.216 e. The molecule has 2 rings (SSSR count). The molecule has 25 heavy (non-hydrogen) atoms. The third-order valence-corrected chi connectivity index (χ3v) is 4.18. The van der Waals surface area contributed by atoms with Gasteiger partial charge in [-0.2, -0.15) is 14.9 Å². The zero-order chi connectivity index (χ0) is 17.9. The SMILES string of the molecule is CCCCCCOc1cccc(/C=N/n2c(CCCC)n[nH]c2=S)c1. The Hall–Kier alpha value is -1.95. The first-order valence-electron chi connectivity index (χ1n) is 9.18. The van der Waals surface area contributed by atoms with Crippen LogP contribution in [-0.2, 0) is 6.42 Å². The molecule has 0 aliphatic carbocycles. The normalized spacial score (nSPS) is 11.3. The van der Waals surface area contributed by atoms with Gasteiger partial charge in [0.15, 0.2) is 5.82 Å². The summed E-state index contributed by atoms with van der Waals surface area (Å²) in [5.74, 6) is 1.74. The van der Waals surface area contributed by atoms with E-state index in [1.807, 2.05) is 24.3 Å². The van der Waals surface area contributed by atoms with Crippen LogP contribution in [-0.4, -0.2) is 27.7 Å². The summed E-state index contributed by atoms with van der Waals surface area (Å²) in [7, 11) is 0. The number of rotatable bonds is 11. The second kappa shape index (κ2) is 10.8. The van der Waals surface area contributed by atoms with Gasteiger partial charge in [0, 0.05) is 6.42 Å². The number of nitrogens with zero attached hydrogens (tertiary/aromatic N) is 3. The molecule has 1 aromatic heterocycles. The second-order valence-corrected chi connectivity index (χ2v) is 6.47. The van der Waals surface area contributed by atoms with E-state index >= 15 is 0 Å². The number of aromatic nitrogens is 3. The van der Waals surface area contributed by atoms with Crippen LogP contribution in [0.4, 0.5) is 0 Å². The monoisotopic (exact) mass is 360 g/mol. The van der Waals surface area contributed by atoms with Gasteiger partial charge in [-0.3, -0.25) is 5.10 Å². The highest BCUT2D eigenvalue weighted by Crippen LogP contribution is 2.13. The number of benzene rings is 1. The van der Waals surface area contributed by atoms with Gasteiger partial charge in [0.2, 0.25) is 4.77 Å². The van der Waals surface area contributed by atoms with Crippen molar-refractivity contribution in [3.05, 3.63) is 40.4 Å². The van der Waals surface area contributed by atoms with E-state index in [1.165, 1.54) is 19.3 Å². The minimum atomic E-state index is 0.519. The van der Waals surface area contributed by atoms with Crippen molar-refractivity contribution in [1.29, 1.82) is 0 Å². The lowest BCUT2D eigenvalue weighted by atomic mass is 10.2. The summed E-state index contributed by atoms with van der Waals surface area (Å²) >= 11 is 5.26. The number of hydrogen-bond acceptors (Lipinski definition) is 4. The summed E-state index contributed by atoms with van der Waals surface area (Å²) in [4.78, 5) is 0. The van der Waals surface area contributed by atoms with Crippen molar-refractivity contribution < 1.29 is 4.74 Å². The first-order chi connectivity index (χ1) is 12.2. The van der Waals surface area contributed by atoms with E-state index in [4.69, 9.17) is 17.0 Å². The fraction of sp³-hybridized carbons (Fsp3) is 0.526. The van der Waals surface area contributed by atoms with Gasteiger partial charge in [0.05, 0.1) is 12.8 Å². The van der Waals surface area contributed by atoms with Crippen LogP contribution in [0.15, 0.2) is 29.4 Å². The van der Waals surface area contributed by atoms with E-state index in [0.29, 0.717) is 4.77 Å². The second-order valence-electron chi connectivity index (χ2n) is 6.09. The van der Waals surface area contributed by atoms with E-state index in [9.17, 15) is 0 Å². The Morgan fingerprint density at radius 3 is 2.84 bits per heavy atom. The molecule has 0 aliphatic rings. The highest BCUT2D eigenvalue weighted by atomic mass is 32.1. The van der Waals surface area contributed by atoms with Crippen LogP contribution in [0.1, 0.15) is 63.8 Å². The molecule has 1 N–H and O–H groups in total. The molecule has 0 atom stereocenters. The van der Waals surface area contributed by atoms with Crippen molar-refractivity contribution >= 4 is 18.4 Å². The summed E-state index contributed by atoms with van der Waals surface area (Å²) < 4.78 is 8.04. The summed E-state index contributed by atoms with van der Waals surface area (Å²) in [5, 5.41) is 11.6. The molecule has 0 radical (unpaired) electrons. The fourth-order valence-corrected chi connectivity index (χ4v) is 2.67. The zero-order valence-corrected chi connectivity index (χ0v) is 16.0. The summed E-state index contributed by atoms with van der Waals surface area (Å²) in [6.07, 6.45) is 9.66. The molecule has 1 heterocycles. The Bertz CT molecular complexity index is 720. The predicted molar refractivity (Wildman–Crippen MR) is 105 cm³/mol. The molecule has 0 saturated heterocycles. The van der Waals surface area contributed by atoms with Gasteiger partial charge < -0.3 is 4.74 Å². The number of aromatic amines is 1. The molecular formula is C19H28N4OS. The molecule has 1 aromatic carbocycles. The van der Waals surface area contributed by atoms with Crippen molar-refractivity contribution in [1.82, 2.24) is 14.9 Å². The third kappa shape index (κ3) is 6.46. The molecule has 6 heteroatoms. The fourth-order valence-electron chi connectivity index (χ4n) is 2.47. The molecule has 0 fully saturated rings. The van der Waals surface area contributed by atoms with Crippen LogP contribution in [0.2, 0.25) is 0 Å². The maximum Gasteiger partial charge on any atom is 0.216 e. The Morgan fingerprint density at radius 1 is 1.20 bits per heavy atom. The average molecular weight is 361 g/mol. The molecule has 2 aromatic rings. The first-order valence-corrected chi connectivity index (χ1v) is 9.59. The number of ether oxygens (including phenoxy) is 1. The summed E-state index contributed by atoms with van der Waals surface area (Å²) in [6, 6.07) is 7.96. The summed E-state index contributed by atoms with van der Waals surface area (Å²) in [6.45, 7) is 5.13. The van der Waals surface area contributed by atoms with Crippen molar-refractivity contribution in [3.63, 3.8) is 0 Å². The Labute approximate surface area is 155 Å². The Kier molecular flexibility index (Phi) is 8.39. The Balaban J connectivity index is 1.98. The molecule has 136 valence electrons. The van der Waals surface area contributed by atoms with Crippen molar-refractivity contribution in [2.45, 2.75) is 58.8 Å². The lowest BCUT2D eigenvalue weighted by molar-refractivity contribution is 0.305. The minimum absolute atomic E-state index is 0.519. The zero-order valence-electron chi connectivity index (χ0n) is 15.2. The first kappa shape index (κ1) is 19.4. The molecule has 0 bridgehead atoms. The molecule has 0 spiro atoms. The number of nitrogens with one attached hydrogen (secondary N) is 1. The highest BCUT2D eigenvalue weighted by molar-refractivity contribution is 7.71. The molecule has 0 aliphatic heterocycles. The quantitative estimate of drug-likeness (QED) is 0.343. The van der Waals surface area contributed by atoms with E-state index in [1.54, 1.807) is 10.9 Å².